The van der Waals surface area contributed by atoms with Crippen LogP contribution in [0.1, 0.15) is 39.5 Å². The first kappa shape index (κ1) is 14.8. The first-order chi connectivity index (χ1) is 8.50. The van der Waals surface area contributed by atoms with Crippen LogP contribution in [0.2, 0.25) is 0 Å². The molecular weight excluding hydrogens is 232 g/mol. The molecule has 5 nitrogen and oxygen atoms in total. The molecule has 2 amide bonds. The van der Waals surface area contributed by atoms with Crippen LogP contribution in [0.5, 0.6) is 0 Å². The molecule has 3 N–H and O–H groups in total. The Kier molecular flexibility index (Phi) is 5.95. The van der Waals surface area contributed by atoms with Gasteiger partial charge in [0.15, 0.2) is 0 Å². The van der Waals surface area contributed by atoms with Crippen molar-refractivity contribution in [1.29, 1.82) is 0 Å². The van der Waals surface area contributed by atoms with E-state index in [9.17, 15) is 9.59 Å². The maximum Gasteiger partial charge on any atom is 0.314 e. The van der Waals surface area contributed by atoms with Crippen molar-refractivity contribution in [3.05, 3.63) is 0 Å². The summed E-state index contributed by atoms with van der Waals surface area (Å²) in [6.07, 6.45) is 4.86. The summed E-state index contributed by atoms with van der Waals surface area (Å²) in [5, 5.41) is 14.3. The minimum Gasteiger partial charge on any atom is -0.481 e. The fraction of sp³-hybridized carbons (Fsp3) is 0.846. The summed E-state index contributed by atoms with van der Waals surface area (Å²) in [5.74, 6) is -0.494. The van der Waals surface area contributed by atoms with Gasteiger partial charge in [-0.2, -0.15) is 0 Å². The van der Waals surface area contributed by atoms with Crippen LogP contribution in [0.4, 0.5) is 4.79 Å². The van der Waals surface area contributed by atoms with Crippen LogP contribution >= 0.6 is 0 Å². The molecule has 1 fully saturated rings. The van der Waals surface area contributed by atoms with Gasteiger partial charge in [-0.15, -0.1) is 0 Å². The van der Waals surface area contributed by atoms with E-state index in [0.29, 0.717) is 6.54 Å². The fourth-order valence-electron chi connectivity index (χ4n) is 1.87. The molecule has 0 bridgehead atoms. The largest absolute Gasteiger partial charge is 0.481 e. The molecule has 1 aliphatic carbocycles. The fourth-order valence-corrected chi connectivity index (χ4v) is 1.87. The molecule has 18 heavy (non-hydrogen) atoms. The standard InChI is InChI=1S/C13H24N2O3/c1-9(2)11(12(16)17)8-15-13(18)14-7-3-4-10-5-6-10/h9-11H,3-8H2,1-2H3,(H,16,17)(H2,14,15,18). The number of nitrogens with one attached hydrogen (secondary N) is 2. The van der Waals surface area contributed by atoms with Crippen LogP contribution < -0.4 is 10.6 Å². The third-order valence-electron chi connectivity index (χ3n) is 3.38. The van der Waals surface area contributed by atoms with E-state index >= 15 is 0 Å². The van der Waals surface area contributed by atoms with Gasteiger partial charge < -0.3 is 15.7 Å². The molecule has 0 aromatic rings. The Hall–Kier alpha value is -1.26. The Bertz CT molecular complexity index is 288. The summed E-state index contributed by atoms with van der Waals surface area (Å²) >= 11 is 0. The lowest BCUT2D eigenvalue weighted by Gasteiger charge is -2.16. The SMILES string of the molecule is CC(C)C(CNC(=O)NCCCC1CC1)C(=O)O. The first-order valence-electron chi connectivity index (χ1n) is 6.75. The van der Waals surface area contributed by atoms with Crippen molar-refractivity contribution in [2.45, 2.75) is 39.5 Å². The Morgan fingerprint density at radius 2 is 1.94 bits per heavy atom. The van der Waals surface area contributed by atoms with Crippen LogP contribution in [-0.2, 0) is 4.79 Å². The summed E-state index contributed by atoms with van der Waals surface area (Å²) < 4.78 is 0. The summed E-state index contributed by atoms with van der Waals surface area (Å²) in [5.41, 5.74) is 0. The van der Waals surface area contributed by atoms with Crippen molar-refractivity contribution in [3.8, 4) is 0 Å². The molecular formula is C13H24N2O3. The molecule has 1 rings (SSSR count). The van der Waals surface area contributed by atoms with Gasteiger partial charge in [0.05, 0.1) is 5.92 Å². The molecule has 0 spiro atoms. The van der Waals surface area contributed by atoms with E-state index in [1.54, 1.807) is 0 Å². The van der Waals surface area contributed by atoms with E-state index in [1.165, 1.54) is 19.3 Å². The number of amides is 2. The Balaban J connectivity index is 2.08. The topological polar surface area (TPSA) is 78.4 Å². The highest BCUT2D eigenvalue weighted by Gasteiger charge is 2.22. The smallest absolute Gasteiger partial charge is 0.314 e. The highest BCUT2D eigenvalue weighted by atomic mass is 16.4. The summed E-state index contributed by atoms with van der Waals surface area (Å²) in [4.78, 5) is 22.4. The average Bonchev–Trinajstić information content (AvgIpc) is 3.07. The van der Waals surface area contributed by atoms with Crippen LogP contribution in [0, 0.1) is 17.8 Å². The summed E-state index contributed by atoms with van der Waals surface area (Å²) in [7, 11) is 0. The molecule has 0 aliphatic heterocycles. The number of aliphatic carboxylic acids is 1. The monoisotopic (exact) mass is 256 g/mol. The lowest BCUT2D eigenvalue weighted by Crippen LogP contribution is -2.41. The lowest BCUT2D eigenvalue weighted by molar-refractivity contribution is -0.142. The van der Waals surface area contributed by atoms with Crippen molar-refractivity contribution in [2.75, 3.05) is 13.1 Å². The average molecular weight is 256 g/mol. The maximum absolute atomic E-state index is 11.4. The number of urea groups is 1. The predicted octanol–water partition coefficient (Wildman–Crippen LogP) is 1.83. The second-order valence-electron chi connectivity index (χ2n) is 5.41. The molecule has 0 heterocycles. The van der Waals surface area contributed by atoms with Crippen LogP contribution in [0.25, 0.3) is 0 Å². The van der Waals surface area contributed by atoms with Gasteiger partial charge in [-0.3, -0.25) is 4.79 Å². The molecule has 1 saturated carbocycles. The van der Waals surface area contributed by atoms with Crippen molar-refractivity contribution in [2.24, 2.45) is 17.8 Å². The Labute approximate surface area is 108 Å². The van der Waals surface area contributed by atoms with Gasteiger partial charge in [-0.05, 0) is 24.7 Å². The van der Waals surface area contributed by atoms with E-state index in [1.807, 2.05) is 13.8 Å². The number of carboxylic acid groups (broad SMARTS) is 1. The second-order valence-corrected chi connectivity index (χ2v) is 5.41. The molecule has 104 valence electrons. The van der Waals surface area contributed by atoms with E-state index in [0.717, 1.165) is 12.3 Å². The normalized spacial score (nSPS) is 16.4. The van der Waals surface area contributed by atoms with Crippen LogP contribution in [0.3, 0.4) is 0 Å². The molecule has 0 radical (unpaired) electrons. The third-order valence-corrected chi connectivity index (χ3v) is 3.38. The number of rotatable bonds is 8. The van der Waals surface area contributed by atoms with Gasteiger partial charge in [0.25, 0.3) is 0 Å². The first-order valence-corrected chi connectivity index (χ1v) is 6.75. The number of carbonyl (C=O) groups excluding carboxylic acids is 1. The van der Waals surface area contributed by atoms with Gasteiger partial charge in [0.2, 0.25) is 0 Å². The van der Waals surface area contributed by atoms with Crippen molar-refractivity contribution < 1.29 is 14.7 Å². The van der Waals surface area contributed by atoms with Gasteiger partial charge >= 0.3 is 12.0 Å². The lowest BCUT2D eigenvalue weighted by atomic mass is 9.96. The summed E-state index contributed by atoms with van der Waals surface area (Å²) in [6.45, 7) is 4.53. The van der Waals surface area contributed by atoms with Crippen molar-refractivity contribution in [3.63, 3.8) is 0 Å². The van der Waals surface area contributed by atoms with Gasteiger partial charge in [0, 0.05) is 13.1 Å². The Morgan fingerprint density at radius 1 is 1.28 bits per heavy atom. The van der Waals surface area contributed by atoms with E-state index in [2.05, 4.69) is 10.6 Å². The number of hydrogen-bond acceptors (Lipinski definition) is 2. The molecule has 0 aromatic heterocycles. The van der Waals surface area contributed by atoms with E-state index < -0.39 is 11.9 Å². The number of hydrogen-bond donors (Lipinski definition) is 3. The minimum atomic E-state index is -0.862. The minimum absolute atomic E-state index is 0.0117. The zero-order chi connectivity index (χ0) is 13.5. The zero-order valence-corrected chi connectivity index (χ0v) is 11.2. The molecule has 1 unspecified atom stereocenters. The Morgan fingerprint density at radius 3 is 2.44 bits per heavy atom. The van der Waals surface area contributed by atoms with Crippen molar-refractivity contribution in [1.82, 2.24) is 10.6 Å². The highest BCUT2D eigenvalue weighted by Crippen LogP contribution is 2.33. The molecule has 0 aromatic carbocycles. The third kappa shape index (κ3) is 5.89. The van der Waals surface area contributed by atoms with Crippen LogP contribution in [0.15, 0.2) is 0 Å². The summed E-state index contributed by atoms with van der Waals surface area (Å²) in [6, 6.07) is -0.266. The second kappa shape index (κ2) is 7.24. The number of carboxylic acids is 1. The quantitative estimate of drug-likeness (QED) is 0.580. The maximum atomic E-state index is 11.4. The molecule has 5 heteroatoms. The van der Waals surface area contributed by atoms with Crippen LogP contribution in [-0.4, -0.2) is 30.2 Å². The van der Waals surface area contributed by atoms with Crippen molar-refractivity contribution >= 4 is 12.0 Å². The molecule has 1 atom stereocenters. The molecule has 0 saturated heterocycles. The van der Waals surface area contributed by atoms with Gasteiger partial charge in [0.1, 0.15) is 0 Å². The predicted molar refractivity (Wildman–Crippen MR) is 69.3 cm³/mol. The van der Waals surface area contributed by atoms with E-state index in [-0.39, 0.29) is 18.5 Å². The molecule has 1 aliphatic rings. The number of carbonyl (C=O) groups is 2. The van der Waals surface area contributed by atoms with E-state index in [4.69, 9.17) is 5.11 Å². The van der Waals surface area contributed by atoms with Gasteiger partial charge in [-0.25, -0.2) is 4.79 Å². The zero-order valence-electron chi connectivity index (χ0n) is 11.2. The highest BCUT2D eigenvalue weighted by molar-refractivity contribution is 5.75. The van der Waals surface area contributed by atoms with Gasteiger partial charge in [-0.1, -0.05) is 26.7 Å².